The monoisotopic (exact) mass is 340 g/mol. The van der Waals surface area contributed by atoms with E-state index in [0.717, 1.165) is 6.07 Å². The maximum absolute atomic E-state index is 13.0. The molecule has 0 aliphatic heterocycles. The first-order valence-electron chi connectivity index (χ1n) is 5.65. The van der Waals surface area contributed by atoms with Crippen molar-refractivity contribution in [3.8, 4) is 11.1 Å². The summed E-state index contributed by atoms with van der Waals surface area (Å²) in [7, 11) is 0. The van der Waals surface area contributed by atoms with Gasteiger partial charge in [-0.15, -0.1) is 0 Å². The van der Waals surface area contributed by atoms with Crippen molar-refractivity contribution >= 4 is 23.2 Å². The molecular formula is C14H7Cl2F5. The number of rotatable bonds is 2. The molecule has 0 saturated carbocycles. The molecule has 0 unspecified atom stereocenters. The zero-order chi connectivity index (χ0) is 15.8. The second-order valence-corrected chi connectivity index (χ2v) is 5.04. The summed E-state index contributed by atoms with van der Waals surface area (Å²) >= 11 is 11.5. The van der Waals surface area contributed by atoms with Gasteiger partial charge in [-0.05, 0) is 35.4 Å². The summed E-state index contributed by atoms with van der Waals surface area (Å²) in [5.74, 6) is 0. The van der Waals surface area contributed by atoms with Gasteiger partial charge in [0.1, 0.15) is 0 Å². The van der Waals surface area contributed by atoms with Crippen molar-refractivity contribution in [2.45, 2.75) is 12.6 Å². The van der Waals surface area contributed by atoms with Crippen molar-refractivity contribution in [2.75, 3.05) is 0 Å². The first-order valence-corrected chi connectivity index (χ1v) is 6.40. The van der Waals surface area contributed by atoms with Crippen LogP contribution in [0.1, 0.15) is 17.6 Å². The van der Waals surface area contributed by atoms with Crippen LogP contribution in [0.25, 0.3) is 11.1 Å². The highest BCUT2D eigenvalue weighted by Gasteiger charge is 2.31. The molecule has 0 bridgehead atoms. The van der Waals surface area contributed by atoms with Crippen LogP contribution in [0.3, 0.4) is 0 Å². The first-order chi connectivity index (χ1) is 9.70. The van der Waals surface area contributed by atoms with Crippen LogP contribution < -0.4 is 0 Å². The molecule has 0 nitrogen and oxygen atoms in total. The molecule has 0 aromatic heterocycles. The Hall–Kier alpha value is -1.33. The third-order valence-electron chi connectivity index (χ3n) is 2.85. The summed E-state index contributed by atoms with van der Waals surface area (Å²) in [5.41, 5.74) is -1.58. The molecule has 0 aliphatic carbocycles. The molecule has 2 rings (SSSR count). The summed E-state index contributed by atoms with van der Waals surface area (Å²) in [6, 6.07) is 6.02. The molecule has 0 aliphatic rings. The average molecular weight is 341 g/mol. The van der Waals surface area contributed by atoms with E-state index in [1.807, 2.05) is 0 Å². The second kappa shape index (κ2) is 5.81. The van der Waals surface area contributed by atoms with Gasteiger partial charge in [0, 0.05) is 5.56 Å². The lowest BCUT2D eigenvalue weighted by molar-refractivity contribution is -0.137. The van der Waals surface area contributed by atoms with Crippen molar-refractivity contribution in [3.05, 3.63) is 57.6 Å². The topological polar surface area (TPSA) is 0 Å². The Morgan fingerprint density at radius 3 is 2.05 bits per heavy atom. The molecule has 0 radical (unpaired) electrons. The second-order valence-electron chi connectivity index (χ2n) is 4.23. The molecule has 2 aromatic carbocycles. The normalized spacial score (nSPS) is 12.0. The van der Waals surface area contributed by atoms with Gasteiger partial charge in [0.2, 0.25) is 0 Å². The van der Waals surface area contributed by atoms with E-state index in [2.05, 4.69) is 0 Å². The Balaban J connectivity index is 2.65. The minimum Gasteiger partial charge on any atom is -0.205 e. The number of hydrogen-bond donors (Lipinski definition) is 0. The lowest BCUT2D eigenvalue weighted by Crippen LogP contribution is -2.06. The van der Waals surface area contributed by atoms with E-state index in [0.29, 0.717) is 12.1 Å². The Morgan fingerprint density at radius 1 is 0.857 bits per heavy atom. The van der Waals surface area contributed by atoms with E-state index >= 15 is 0 Å². The Morgan fingerprint density at radius 2 is 1.52 bits per heavy atom. The van der Waals surface area contributed by atoms with Crippen LogP contribution in [0.15, 0.2) is 36.4 Å². The molecule has 2 aromatic rings. The summed E-state index contributed by atoms with van der Waals surface area (Å²) < 4.78 is 64.1. The molecule has 0 N–H and O–H groups in total. The molecular weight excluding hydrogens is 334 g/mol. The molecule has 0 fully saturated rings. The summed E-state index contributed by atoms with van der Waals surface area (Å²) in [6.45, 7) is 0. The third-order valence-corrected chi connectivity index (χ3v) is 3.59. The van der Waals surface area contributed by atoms with Crippen LogP contribution >= 0.6 is 23.2 Å². The van der Waals surface area contributed by atoms with E-state index in [1.165, 1.54) is 18.2 Å². The van der Waals surface area contributed by atoms with Gasteiger partial charge in [-0.1, -0.05) is 35.3 Å². The van der Waals surface area contributed by atoms with Crippen LogP contribution in [0.4, 0.5) is 22.0 Å². The van der Waals surface area contributed by atoms with Crippen molar-refractivity contribution < 1.29 is 22.0 Å². The Kier molecular flexibility index (Phi) is 4.44. The molecule has 7 heteroatoms. The van der Waals surface area contributed by atoms with E-state index in [9.17, 15) is 22.0 Å². The van der Waals surface area contributed by atoms with Crippen molar-refractivity contribution in [3.63, 3.8) is 0 Å². The SMILES string of the molecule is FC(F)c1ccc(C(F)(F)F)cc1-c1ccc(Cl)c(Cl)c1. The summed E-state index contributed by atoms with van der Waals surface area (Å²) in [5, 5.41) is 0.262. The minimum atomic E-state index is -4.62. The standard InChI is InChI=1S/C14H7Cl2F5/c15-11-4-1-7(5-12(11)16)10-6-8(14(19,20)21)2-3-9(10)13(17)18/h1-6,13H. The van der Waals surface area contributed by atoms with Crippen LogP contribution in [0.5, 0.6) is 0 Å². The highest BCUT2D eigenvalue weighted by molar-refractivity contribution is 6.42. The predicted octanol–water partition coefficient (Wildman–Crippen LogP) is 6.62. The molecule has 0 saturated heterocycles. The van der Waals surface area contributed by atoms with Crippen molar-refractivity contribution in [1.82, 2.24) is 0 Å². The third kappa shape index (κ3) is 3.47. The maximum atomic E-state index is 13.0. The van der Waals surface area contributed by atoms with Gasteiger partial charge in [0.25, 0.3) is 6.43 Å². The van der Waals surface area contributed by atoms with Crippen LogP contribution in [0.2, 0.25) is 10.0 Å². The maximum Gasteiger partial charge on any atom is 0.416 e. The van der Waals surface area contributed by atoms with E-state index in [-0.39, 0.29) is 21.2 Å². The molecule has 21 heavy (non-hydrogen) atoms. The van der Waals surface area contributed by atoms with Crippen LogP contribution in [-0.4, -0.2) is 0 Å². The van der Waals surface area contributed by atoms with Gasteiger partial charge in [-0.3, -0.25) is 0 Å². The molecule has 0 atom stereocenters. The van der Waals surface area contributed by atoms with Gasteiger partial charge in [-0.2, -0.15) is 13.2 Å². The van der Waals surface area contributed by atoms with Crippen LogP contribution in [0, 0.1) is 0 Å². The quantitative estimate of drug-likeness (QED) is 0.539. The number of hydrogen-bond acceptors (Lipinski definition) is 0. The zero-order valence-electron chi connectivity index (χ0n) is 10.2. The molecule has 0 amide bonds. The van der Waals surface area contributed by atoms with Gasteiger partial charge in [-0.25, -0.2) is 8.78 Å². The van der Waals surface area contributed by atoms with E-state index < -0.39 is 23.7 Å². The van der Waals surface area contributed by atoms with Gasteiger partial charge in [0.15, 0.2) is 0 Å². The Bertz CT molecular complexity index is 665. The molecule has 0 spiro atoms. The number of alkyl halides is 5. The molecule has 112 valence electrons. The Labute approximate surface area is 127 Å². The first kappa shape index (κ1) is 16.0. The largest absolute Gasteiger partial charge is 0.416 e. The zero-order valence-corrected chi connectivity index (χ0v) is 11.7. The lowest BCUT2D eigenvalue weighted by atomic mass is 9.97. The summed E-state index contributed by atoms with van der Waals surface area (Å²) in [4.78, 5) is 0. The van der Waals surface area contributed by atoms with Crippen molar-refractivity contribution in [2.24, 2.45) is 0 Å². The smallest absolute Gasteiger partial charge is 0.205 e. The highest BCUT2D eigenvalue weighted by Crippen LogP contribution is 2.38. The van der Waals surface area contributed by atoms with E-state index in [1.54, 1.807) is 0 Å². The van der Waals surface area contributed by atoms with Crippen LogP contribution in [-0.2, 0) is 6.18 Å². The average Bonchev–Trinajstić information content (AvgIpc) is 2.40. The highest BCUT2D eigenvalue weighted by atomic mass is 35.5. The van der Waals surface area contributed by atoms with Crippen molar-refractivity contribution in [1.29, 1.82) is 0 Å². The summed E-state index contributed by atoms with van der Waals surface area (Å²) in [6.07, 6.45) is -7.53. The lowest BCUT2D eigenvalue weighted by Gasteiger charge is -2.14. The van der Waals surface area contributed by atoms with Gasteiger partial charge < -0.3 is 0 Å². The fourth-order valence-corrected chi connectivity index (χ4v) is 2.13. The number of halogens is 7. The van der Waals surface area contributed by atoms with Gasteiger partial charge in [0.05, 0.1) is 15.6 Å². The fourth-order valence-electron chi connectivity index (χ4n) is 1.84. The minimum absolute atomic E-state index is 0.0757. The molecule has 0 heterocycles. The number of benzene rings is 2. The van der Waals surface area contributed by atoms with Gasteiger partial charge >= 0.3 is 6.18 Å². The van der Waals surface area contributed by atoms with E-state index in [4.69, 9.17) is 23.2 Å². The fraction of sp³-hybridized carbons (Fsp3) is 0.143. The predicted molar refractivity (Wildman–Crippen MR) is 71.9 cm³/mol.